The lowest BCUT2D eigenvalue weighted by Gasteiger charge is -2.47. The molecule has 1 aliphatic carbocycles. The Hall–Kier alpha value is -4.09. The maximum Gasteiger partial charge on any atom is 0.405 e. The highest BCUT2D eigenvalue weighted by Crippen LogP contribution is 2.45. The minimum atomic E-state index is -4.72. The van der Waals surface area contributed by atoms with Crippen LogP contribution in [0.25, 0.3) is 22.4 Å². The first-order valence-corrected chi connectivity index (χ1v) is 15.9. The lowest BCUT2D eigenvalue weighted by Crippen LogP contribution is -2.51. The molecule has 0 atom stereocenters. The Morgan fingerprint density at radius 2 is 1.74 bits per heavy atom. The zero-order valence-corrected chi connectivity index (χ0v) is 27.2. The average molecular weight is 690 g/mol. The number of primary amides is 1. The topological polar surface area (TPSA) is 162 Å². The molecule has 0 unspecified atom stereocenters. The standard InChI is InChI=1S/C29H36F5N7O5S/c1-15(2)41-23-20(14-36-26(39-23)37-16-6-8-28(9-7-16,27(3,4)5)46-25(35)43)38-22(24(41)42)21-18(30)12-17(13-19(21)31)40(47(44)45)11-10-29(32,33)34/h12-16,47H,6-11H2,1-5H3,(H2,35,43)(H,36,37,39). The number of nitrogens with one attached hydrogen (secondary N) is 1. The van der Waals surface area contributed by atoms with Gasteiger partial charge in [-0.15, -0.1) is 0 Å². The summed E-state index contributed by atoms with van der Waals surface area (Å²) in [4.78, 5) is 38.2. The third kappa shape index (κ3) is 7.73. The quantitative estimate of drug-likeness (QED) is 0.202. The van der Waals surface area contributed by atoms with Gasteiger partial charge in [-0.3, -0.25) is 13.7 Å². The molecule has 3 aromatic rings. The molecule has 0 spiro atoms. The highest BCUT2D eigenvalue weighted by molar-refractivity contribution is 7.74. The van der Waals surface area contributed by atoms with Gasteiger partial charge in [0.15, 0.2) is 5.65 Å². The molecule has 47 heavy (non-hydrogen) atoms. The third-order valence-electron chi connectivity index (χ3n) is 8.30. The number of halogens is 5. The van der Waals surface area contributed by atoms with E-state index in [0.29, 0.717) is 37.8 Å². The molecule has 18 heteroatoms. The minimum absolute atomic E-state index is 0.0152. The number of thiol groups is 1. The molecule has 2 aromatic heterocycles. The van der Waals surface area contributed by atoms with E-state index in [4.69, 9.17) is 10.5 Å². The Kier molecular flexibility index (Phi) is 10.0. The van der Waals surface area contributed by atoms with Crippen LogP contribution in [0.4, 0.5) is 38.4 Å². The smallest absolute Gasteiger partial charge is 0.405 e. The zero-order chi connectivity index (χ0) is 35.1. The number of hydrogen-bond donors (Lipinski definition) is 3. The van der Waals surface area contributed by atoms with Crippen LogP contribution in [0.2, 0.25) is 0 Å². The van der Waals surface area contributed by atoms with E-state index in [-0.39, 0.29) is 32.9 Å². The van der Waals surface area contributed by atoms with E-state index in [9.17, 15) is 31.2 Å². The molecule has 0 radical (unpaired) electrons. The summed E-state index contributed by atoms with van der Waals surface area (Å²) < 4.78 is 99.1. The van der Waals surface area contributed by atoms with E-state index in [1.165, 1.54) is 10.8 Å². The van der Waals surface area contributed by atoms with Gasteiger partial charge in [0.1, 0.15) is 28.4 Å². The maximum absolute atomic E-state index is 15.4. The highest BCUT2D eigenvalue weighted by atomic mass is 32.2. The fraction of sp³-hybridized carbons (Fsp3) is 0.552. The van der Waals surface area contributed by atoms with Crippen molar-refractivity contribution in [2.75, 3.05) is 16.2 Å². The third-order valence-corrected chi connectivity index (χ3v) is 9.13. The number of ether oxygens (including phenoxy) is 1. The van der Waals surface area contributed by atoms with Crippen molar-refractivity contribution in [1.29, 1.82) is 0 Å². The second-order valence-electron chi connectivity index (χ2n) is 12.7. The molecule has 0 saturated heterocycles. The van der Waals surface area contributed by atoms with E-state index < -0.39 is 81.9 Å². The largest absolute Gasteiger partial charge is 0.443 e. The van der Waals surface area contributed by atoms with E-state index in [1.54, 1.807) is 13.8 Å². The van der Waals surface area contributed by atoms with Crippen LogP contribution in [0.15, 0.2) is 23.1 Å². The predicted octanol–water partition coefficient (Wildman–Crippen LogP) is 5.23. The summed E-state index contributed by atoms with van der Waals surface area (Å²) >= 11 is 0. The van der Waals surface area contributed by atoms with E-state index in [1.807, 2.05) is 20.8 Å². The Bertz CT molecular complexity index is 1770. The van der Waals surface area contributed by atoms with Crippen molar-refractivity contribution in [3.8, 4) is 11.3 Å². The molecule has 1 aromatic carbocycles. The van der Waals surface area contributed by atoms with Gasteiger partial charge in [0.2, 0.25) is 16.8 Å². The minimum Gasteiger partial charge on any atom is -0.443 e. The molecule has 0 bridgehead atoms. The highest BCUT2D eigenvalue weighted by Gasteiger charge is 2.47. The summed E-state index contributed by atoms with van der Waals surface area (Å²) in [6, 6.07) is 0.367. The summed E-state index contributed by atoms with van der Waals surface area (Å²) in [6.45, 7) is 8.10. The maximum atomic E-state index is 15.4. The summed E-state index contributed by atoms with van der Waals surface area (Å²) in [5.74, 6) is -2.65. The normalized spacial score (nSPS) is 18.9. The molecule has 1 saturated carbocycles. The molecule has 1 amide bonds. The SMILES string of the molecule is CC(C)n1c(=O)c(-c2c(F)cc(N(CCC(F)(F)F)[SH](=O)=O)cc2F)nc2cnc(NC3CCC(OC(N)=O)(C(C)(C)C)CC3)nc21. The number of anilines is 2. The van der Waals surface area contributed by atoms with Crippen LogP contribution in [-0.2, 0) is 15.6 Å². The first kappa shape index (κ1) is 35.8. The summed E-state index contributed by atoms with van der Waals surface area (Å²) in [7, 11) is -3.68. The van der Waals surface area contributed by atoms with E-state index in [2.05, 4.69) is 20.3 Å². The first-order valence-electron chi connectivity index (χ1n) is 14.8. The molecule has 2 heterocycles. The number of amides is 1. The van der Waals surface area contributed by atoms with Crippen LogP contribution in [0.1, 0.15) is 72.8 Å². The van der Waals surface area contributed by atoms with Crippen molar-refractivity contribution in [1.82, 2.24) is 19.5 Å². The van der Waals surface area contributed by atoms with Gasteiger partial charge >= 0.3 is 12.3 Å². The van der Waals surface area contributed by atoms with E-state index >= 15 is 8.78 Å². The Balaban J connectivity index is 1.68. The van der Waals surface area contributed by atoms with Crippen LogP contribution in [0.3, 0.4) is 0 Å². The van der Waals surface area contributed by atoms with Crippen molar-refractivity contribution in [3.05, 3.63) is 40.3 Å². The fourth-order valence-corrected chi connectivity index (χ4v) is 6.36. The number of fused-ring (bicyclic) bond motifs is 1. The van der Waals surface area contributed by atoms with Gasteiger partial charge in [-0.1, -0.05) is 20.8 Å². The Labute approximate surface area is 268 Å². The molecule has 3 N–H and O–H groups in total. The van der Waals surface area contributed by atoms with Gasteiger partial charge in [-0.25, -0.2) is 32.0 Å². The predicted molar refractivity (Wildman–Crippen MR) is 164 cm³/mol. The van der Waals surface area contributed by atoms with Gasteiger partial charge in [0.25, 0.3) is 5.56 Å². The van der Waals surface area contributed by atoms with Gasteiger partial charge in [-0.05, 0) is 51.7 Å². The van der Waals surface area contributed by atoms with Crippen molar-refractivity contribution in [2.45, 2.75) is 90.6 Å². The number of nitrogens with two attached hydrogens (primary N) is 1. The summed E-state index contributed by atoms with van der Waals surface area (Å²) in [5, 5.41) is 3.23. The molecule has 12 nitrogen and oxygen atoms in total. The lowest BCUT2D eigenvalue weighted by atomic mass is 9.67. The molecular weight excluding hydrogens is 653 g/mol. The van der Waals surface area contributed by atoms with Crippen LogP contribution >= 0.6 is 0 Å². The number of carbonyl (C=O) groups excluding carboxylic acids is 1. The second kappa shape index (κ2) is 13.2. The van der Waals surface area contributed by atoms with Crippen molar-refractivity contribution < 1.29 is 39.9 Å². The van der Waals surface area contributed by atoms with Crippen LogP contribution < -0.4 is 20.9 Å². The first-order chi connectivity index (χ1) is 21.7. The lowest BCUT2D eigenvalue weighted by molar-refractivity contribution is -0.131. The van der Waals surface area contributed by atoms with Gasteiger partial charge in [0.05, 0.1) is 23.9 Å². The number of aromatic nitrogens is 4. The van der Waals surface area contributed by atoms with Crippen LogP contribution in [0.5, 0.6) is 0 Å². The molecule has 1 fully saturated rings. The van der Waals surface area contributed by atoms with Gasteiger partial charge in [-0.2, -0.15) is 18.2 Å². The molecular formula is C29H36F5N7O5S. The van der Waals surface area contributed by atoms with Gasteiger partial charge < -0.3 is 15.8 Å². The van der Waals surface area contributed by atoms with Crippen LogP contribution in [0, 0.1) is 17.0 Å². The molecule has 1 aliphatic rings. The molecule has 4 rings (SSSR count). The molecule has 258 valence electrons. The average Bonchev–Trinajstić information content (AvgIpc) is 2.92. The van der Waals surface area contributed by atoms with Crippen molar-refractivity contribution >= 4 is 39.8 Å². The Morgan fingerprint density at radius 1 is 1.15 bits per heavy atom. The number of rotatable bonds is 9. The second-order valence-corrected chi connectivity index (χ2v) is 13.7. The monoisotopic (exact) mass is 689 g/mol. The van der Waals surface area contributed by atoms with E-state index in [0.717, 1.165) is 0 Å². The number of alkyl halides is 3. The number of nitrogens with zero attached hydrogens (tertiary/aromatic N) is 5. The van der Waals surface area contributed by atoms with Crippen molar-refractivity contribution in [3.63, 3.8) is 0 Å². The molecule has 0 aliphatic heterocycles. The summed E-state index contributed by atoms with van der Waals surface area (Å²) in [6.07, 6.45) is -3.62. The zero-order valence-electron chi connectivity index (χ0n) is 26.3. The van der Waals surface area contributed by atoms with Crippen LogP contribution in [-0.4, -0.2) is 58.4 Å². The summed E-state index contributed by atoms with van der Waals surface area (Å²) in [5.41, 5.74) is 1.17. The fourth-order valence-electron chi connectivity index (χ4n) is 5.79. The number of carbonyl (C=O) groups is 1. The Morgan fingerprint density at radius 3 is 2.23 bits per heavy atom. The number of hydrogen-bond acceptors (Lipinski definition) is 9. The van der Waals surface area contributed by atoms with Gasteiger partial charge in [0, 0.05) is 24.0 Å². The van der Waals surface area contributed by atoms with Crippen molar-refractivity contribution in [2.24, 2.45) is 11.1 Å². The number of benzene rings is 1.